The number of dihydropyridines is 1. The molecule has 220 valence electrons. The van der Waals surface area contributed by atoms with Gasteiger partial charge in [-0.05, 0) is 59.4 Å². The van der Waals surface area contributed by atoms with E-state index in [0.29, 0.717) is 12.5 Å². The lowest BCUT2D eigenvalue weighted by Gasteiger charge is -2.28. The number of hydrogen-bond acceptors (Lipinski definition) is 6. The van der Waals surface area contributed by atoms with Gasteiger partial charge in [0, 0.05) is 42.6 Å². The Morgan fingerprint density at radius 3 is 2.39 bits per heavy atom. The molecule has 1 aromatic carbocycles. The Morgan fingerprint density at radius 1 is 1.00 bits per heavy atom. The SMILES string of the molecule is CC.CC(C)(C)c1cc(-c2csc(C3CCCN(C(=O)CN4C=NC56C=CC=NC45C6)CC3)n2)cc(C(C)(C)C)c1. The summed E-state index contributed by atoms with van der Waals surface area (Å²) < 4.78 is 0. The first-order chi connectivity index (χ1) is 19.4. The number of thiazole rings is 1. The van der Waals surface area contributed by atoms with Crippen LogP contribution in [-0.2, 0) is 15.6 Å². The molecular formula is C34H47N5OS. The molecule has 3 atom stereocenters. The molecule has 41 heavy (non-hydrogen) atoms. The summed E-state index contributed by atoms with van der Waals surface area (Å²) in [5.74, 6) is 0.572. The molecule has 0 N–H and O–H groups in total. The minimum atomic E-state index is -0.347. The highest BCUT2D eigenvalue weighted by Crippen LogP contribution is 2.60. The van der Waals surface area contributed by atoms with Crippen molar-refractivity contribution in [3.05, 3.63) is 51.9 Å². The van der Waals surface area contributed by atoms with Crippen molar-refractivity contribution in [1.29, 1.82) is 0 Å². The lowest BCUT2D eigenvalue weighted by Crippen LogP contribution is -2.45. The minimum Gasteiger partial charge on any atom is -0.341 e. The first-order valence-corrected chi connectivity index (χ1v) is 16.2. The molecule has 1 amide bonds. The van der Waals surface area contributed by atoms with Crippen molar-refractivity contribution in [2.75, 3.05) is 19.6 Å². The van der Waals surface area contributed by atoms with E-state index >= 15 is 0 Å². The molecular weight excluding hydrogens is 526 g/mol. The van der Waals surface area contributed by atoms with Gasteiger partial charge in [-0.3, -0.25) is 14.8 Å². The molecule has 6 nitrogen and oxygen atoms in total. The van der Waals surface area contributed by atoms with Gasteiger partial charge in [-0.1, -0.05) is 67.5 Å². The summed E-state index contributed by atoms with van der Waals surface area (Å²) in [6.07, 6.45) is 11.7. The number of hydrogen-bond donors (Lipinski definition) is 0. The number of rotatable bonds is 4. The van der Waals surface area contributed by atoms with Crippen LogP contribution < -0.4 is 0 Å². The number of aromatic nitrogens is 1. The first-order valence-electron chi connectivity index (χ1n) is 15.4. The summed E-state index contributed by atoms with van der Waals surface area (Å²) in [6.45, 7) is 19.6. The van der Waals surface area contributed by atoms with E-state index in [4.69, 9.17) is 15.0 Å². The predicted octanol–water partition coefficient (Wildman–Crippen LogP) is 7.35. The summed E-state index contributed by atoms with van der Waals surface area (Å²) in [5.41, 5.74) is 4.57. The molecule has 1 aromatic heterocycles. The van der Waals surface area contributed by atoms with Crippen LogP contribution in [0.25, 0.3) is 11.3 Å². The highest BCUT2D eigenvalue weighted by molar-refractivity contribution is 7.10. The number of aliphatic imine (C=N–C) groups is 2. The van der Waals surface area contributed by atoms with Crippen LogP contribution in [-0.4, -0.2) is 64.1 Å². The molecule has 1 aliphatic carbocycles. The molecule has 0 radical (unpaired) electrons. The molecule has 0 spiro atoms. The lowest BCUT2D eigenvalue weighted by molar-refractivity contribution is -0.131. The van der Waals surface area contributed by atoms with Crippen molar-refractivity contribution >= 4 is 29.8 Å². The average Bonchev–Trinajstić information content (AvgIpc) is 3.35. The van der Waals surface area contributed by atoms with Gasteiger partial charge in [0.05, 0.1) is 17.0 Å². The topological polar surface area (TPSA) is 61.2 Å². The van der Waals surface area contributed by atoms with Crippen LogP contribution in [0.5, 0.6) is 0 Å². The summed E-state index contributed by atoms with van der Waals surface area (Å²) in [7, 11) is 0. The predicted molar refractivity (Wildman–Crippen MR) is 172 cm³/mol. The van der Waals surface area contributed by atoms with Gasteiger partial charge in [-0.25, -0.2) is 4.98 Å². The molecule has 4 aliphatic rings. The summed E-state index contributed by atoms with van der Waals surface area (Å²) >= 11 is 1.78. The molecule has 1 saturated carbocycles. The number of benzene rings is 1. The third-order valence-corrected chi connectivity index (χ3v) is 9.96. The average molecular weight is 574 g/mol. The van der Waals surface area contributed by atoms with Gasteiger partial charge in [0.1, 0.15) is 12.1 Å². The summed E-state index contributed by atoms with van der Waals surface area (Å²) in [5, 5.41) is 3.43. The van der Waals surface area contributed by atoms with Crippen LogP contribution in [0.3, 0.4) is 0 Å². The van der Waals surface area contributed by atoms with E-state index in [0.717, 1.165) is 44.5 Å². The van der Waals surface area contributed by atoms with Crippen molar-refractivity contribution < 1.29 is 4.79 Å². The summed E-state index contributed by atoms with van der Waals surface area (Å²) in [6, 6.07) is 7.01. The van der Waals surface area contributed by atoms with Gasteiger partial charge in [-0.2, -0.15) is 0 Å². The zero-order valence-electron chi connectivity index (χ0n) is 26.2. The van der Waals surface area contributed by atoms with Crippen LogP contribution in [0.1, 0.15) is 103 Å². The Kier molecular flexibility index (Phi) is 7.82. The van der Waals surface area contributed by atoms with E-state index in [-0.39, 0.29) is 27.9 Å². The molecule has 4 heterocycles. The maximum absolute atomic E-state index is 13.3. The van der Waals surface area contributed by atoms with Crippen molar-refractivity contribution in [3.63, 3.8) is 0 Å². The van der Waals surface area contributed by atoms with E-state index < -0.39 is 0 Å². The maximum atomic E-state index is 13.3. The number of carbonyl (C=O) groups is 1. The zero-order chi connectivity index (χ0) is 29.6. The largest absolute Gasteiger partial charge is 0.341 e. The van der Waals surface area contributed by atoms with E-state index in [1.807, 2.05) is 37.4 Å². The summed E-state index contributed by atoms with van der Waals surface area (Å²) in [4.78, 5) is 32.0. The second-order valence-corrected chi connectivity index (χ2v) is 14.7. The van der Waals surface area contributed by atoms with Crippen LogP contribution in [0.4, 0.5) is 0 Å². The Labute approximate surface area is 250 Å². The standard InChI is InChI=1S/C32H41N5OS.C2H6/c1-29(2,3)24-15-23(16-25(17-24)30(4,5)6)26-19-39-28(35-26)22-9-7-13-36(14-10-22)27(38)18-37-21-34-31-11-8-12-33-32(31,37)20-31;1-2/h8,11-12,15-17,19,21-22H,7,9-10,13-14,18,20H2,1-6H3;1-2H3. The fraction of sp³-hybridized carbons (Fsp3) is 0.588. The zero-order valence-corrected chi connectivity index (χ0v) is 27.0. The van der Waals surface area contributed by atoms with E-state index in [1.165, 1.54) is 21.7 Å². The van der Waals surface area contributed by atoms with Crippen molar-refractivity contribution in [1.82, 2.24) is 14.8 Å². The Balaban J connectivity index is 0.00000165. The van der Waals surface area contributed by atoms with E-state index in [2.05, 4.69) is 76.1 Å². The molecule has 6 rings (SSSR count). The second-order valence-electron chi connectivity index (χ2n) is 13.8. The molecule has 2 fully saturated rings. The number of nitrogens with zero attached hydrogens (tertiary/aromatic N) is 5. The highest BCUT2D eigenvalue weighted by Gasteiger charge is 2.73. The smallest absolute Gasteiger partial charge is 0.242 e. The van der Waals surface area contributed by atoms with Gasteiger partial charge < -0.3 is 9.80 Å². The lowest BCUT2D eigenvalue weighted by atomic mass is 9.79. The van der Waals surface area contributed by atoms with Crippen LogP contribution >= 0.6 is 11.3 Å². The third-order valence-electron chi connectivity index (χ3n) is 8.95. The molecule has 3 unspecified atom stereocenters. The van der Waals surface area contributed by atoms with Crippen molar-refractivity contribution in [2.24, 2.45) is 9.98 Å². The molecule has 3 aliphatic heterocycles. The van der Waals surface area contributed by atoms with E-state index in [9.17, 15) is 4.79 Å². The van der Waals surface area contributed by atoms with Crippen LogP contribution in [0, 0.1) is 0 Å². The number of carbonyl (C=O) groups excluding carboxylic acids is 1. The molecule has 2 aromatic rings. The van der Waals surface area contributed by atoms with Gasteiger partial charge in [0.25, 0.3) is 0 Å². The van der Waals surface area contributed by atoms with Gasteiger partial charge >= 0.3 is 0 Å². The van der Waals surface area contributed by atoms with Crippen LogP contribution in [0.2, 0.25) is 0 Å². The minimum absolute atomic E-state index is 0.0771. The van der Waals surface area contributed by atoms with Crippen molar-refractivity contribution in [2.45, 2.75) is 109 Å². The van der Waals surface area contributed by atoms with Gasteiger partial charge in [-0.15, -0.1) is 11.3 Å². The Bertz CT molecular complexity index is 1340. The van der Waals surface area contributed by atoms with Gasteiger partial charge in [0.2, 0.25) is 5.91 Å². The molecule has 1 saturated heterocycles. The van der Waals surface area contributed by atoms with E-state index in [1.54, 1.807) is 11.3 Å². The first kappa shape index (κ1) is 29.7. The molecule has 7 heteroatoms. The fourth-order valence-electron chi connectivity index (χ4n) is 6.19. The second kappa shape index (κ2) is 10.8. The highest BCUT2D eigenvalue weighted by atomic mass is 32.1. The number of likely N-dealkylation sites (tertiary alicyclic amines) is 1. The number of amides is 1. The quantitative estimate of drug-likeness (QED) is 0.384. The maximum Gasteiger partial charge on any atom is 0.242 e. The third kappa shape index (κ3) is 5.54. The molecule has 0 bridgehead atoms. The fourth-order valence-corrected chi connectivity index (χ4v) is 7.19. The van der Waals surface area contributed by atoms with Crippen LogP contribution in [0.15, 0.2) is 45.7 Å². The monoisotopic (exact) mass is 573 g/mol. The Morgan fingerprint density at radius 2 is 1.71 bits per heavy atom. The Hall–Kier alpha value is -2.80. The normalized spacial score (nSPS) is 26.7. The number of allylic oxidation sites excluding steroid dienone is 1. The van der Waals surface area contributed by atoms with Crippen molar-refractivity contribution in [3.8, 4) is 11.3 Å². The van der Waals surface area contributed by atoms with Gasteiger partial charge in [0.15, 0.2) is 5.66 Å².